The third-order valence-electron chi connectivity index (χ3n) is 3.27. The van der Waals surface area contributed by atoms with Crippen LogP contribution in [0, 0.1) is 17.0 Å². The van der Waals surface area contributed by atoms with Crippen molar-refractivity contribution < 1.29 is 18.3 Å². The highest BCUT2D eigenvalue weighted by molar-refractivity contribution is 5.95. The summed E-state index contributed by atoms with van der Waals surface area (Å²) < 4.78 is 31.2. The fourth-order valence-corrected chi connectivity index (χ4v) is 2.29. The molecule has 1 aliphatic rings. The number of carbonyl (C=O) groups is 1. The number of carbonyl (C=O) groups excluding carboxylic acids is 1. The SMILES string of the molecule is COCC1(C(=O)Nc2cc(F)cc(F)c2)CCNC1. The molecule has 2 N–H and O–H groups in total. The molecule has 104 valence electrons. The summed E-state index contributed by atoms with van der Waals surface area (Å²) in [5.74, 6) is -1.73. The summed E-state index contributed by atoms with van der Waals surface area (Å²) in [5, 5.41) is 5.65. The highest BCUT2D eigenvalue weighted by Gasteiger charge is 2.41. The third kappa shape index (κ3) is 3.08. The molecule has 1 heterocycles. The summed E-state index contributed by atoms with van der Waals surface area (Å²) in [6, 6.07) is 2.94. The maximum atomic E-state index is 13.1. The highest BCUT2D eigenvalue weighted by atomic mass is 19.1. The number of ether oxygens (including phenoxy) is 1. The first kappa shape index (κ1) is 13.9. The number of rotatable bonds is 4. The molecule has 1 saturated heterocycles. The lowest BCUT2D eigenvalue weighted by molar-refractivity contribution is -0.127. The zero-order valence-corrected chi connectivity index (χ0v) is 10.6. The largest absolute Gasteiger partial charge is 0.384 e. The molecule has 0 radical (unpaired) electrons. The quantitative estimate of drug-likeness (QED) is 0.872. The first-order chi connectivity index (χ1) is 9.05. The van der Waals surface area contributed by atoms with E-state index in [1.165, 1.54) is 7.11 Å². The van der Waals surface area contributed by atoms with Crippen LogP contribution in [-0.4, -0.2) is 32.7 Å². The van der Waals surface area contributed by atoms with Gasteiger partial charge in [-0.05, 0) is 25.1 Å². The third-order valence-corrected chi connectivity index (χ3v) is 3.27. The Hall–Kier alpha value is -1.53. The van der Waals surface area contributed by atoms with E-state index in [0.29, 0.717) is 19.5 Å². The van der Waals surface area contributed by atoms with Gasteiger partial charge < -0.3 is 15.4 Å². The molecular formula is C13H16F2N2O2. The Kier molecular flexibility index (Phi) is 4.11. The summed E-state index contributed by atoms with van der Waals surface area (Å²) in [5.41, 5.74) is -0.567. The Morgan fingerprint density at radius 1 is 1.42 bits per heavy atom. The average Bonchev–Trinajstić information content (AvgIpc) is 2.78. The van der Waals surface area contributed by atoms with Crippen molar-refractivity contribution in [2.45, 2.75) is 6.42 Å². The molecule has 0 aromatic heterocycles. The fourth-order valence-electron chi connectivity index (χ4n) is 2.29. The van der Waals surface area contributed by atoms with Gasteiger partial charge in [-0.2, -0.15) is 0 Å². The van der Waals surface area contributed by atoms with Crippen molar-refractivity contribution in [3.63, 3.8) is 0 Å². The van der Waals surface area contributed by atoms with Crippen LogP contribution in [0.25, 0.3) is 0 Å². The van der Waals surface area contributed by atoms with E-state index in [9.17, 15) is 13.6 Å². The van der Waals surface area contributed by atoms with Crippen LogP contribution < -0.4 is 10.6 Å². The van der Waals surface area contributed by atoms with Crippen molar-refractivity contribution in [1.82, 2.24) is 5.32 Å². The van der Waals surface area contributed by atoms with Crippen molar-refractivity contribution in [2.24, 2.45) is 5.41 Å². The van der Waals surface area contributed by atoms with E-state index in [1.54, 1.807) is 0 Å². The van der Waals surface area contributed by atoms with Gasteiger partial charge in [0.25, 0.3) is 0 Å². The topological polar surface area (TPSA) is 50.4 Å². The Morgan fingerprint density at radius 3 is 2.63 bits per heavy atom. The number of amides is 1. The Morgan fingerprint density at radius 2 is 2.11 bits per heavy atom. The zero-order chi connectivity index (χ0) is 13.9. The second-order valence-corrected chi connectivity index (χ2v) is 4.75. The summed E-state index contributed by atoms with van der Waals surface area (Å²) >= 11 is 0. The van der Waals surface area contributed by atoms with E-state index in [1.807, 2.05) is 0 Å². The normalized spacial score (nSPS) is 22.5. The Bertz CT molecular complexity index is 453. The van der Waals surface area contributed by atoms with Crippen molar-refractivity contribution >= 4 is 11.6 Å². The number of methoxy groups -OCH3 is 1. The van der Waals surface area contributed by atoms with Gasteiger partial charge in [0.1, 0.15) is 11.6 Å². The number of hydrogen-bond acceptors (Lipinski definition) is 3. The van der Waals surface area contributed by atoms with Crippen LogP contribution in [0.1, 0.15) is 6.42 Å². The van der Waals surface area contributed by atoms with E-state index in [4.69, 9.17) is 4.74 Å². The van der Waals surface area contributed by atoms with E-state index in [2.05, 4.69) is 10.6 Å². The second kappa shape index (κ2) is 5.63. The molecule has 2 rings (SSSR count). The van der Waals surface area contributed by atoms with Crippen LogP contribution in [0.5, 0.6) is 0 Å². The molecule has 0 saturated carbocycles. The molecule has 6 heteroatoms. The molecule has 1 atom stereocenters. The molecule has 0 spiro atoms. The minimum Gasteiger partial charge on any atom is -0.384 e. The van der Waals surface area contributed by atoms with Gasteiger partial charge in [0.05, 0.1) is 12.0 Å². The van der Waals surface area contributed by atoms with Gasteiger partial charge >= 0.3 is 0 Å². The summed E-state index contributed by atoms with van der Waals surface area (Å²) in [6.45, 7) is 1.47. The van der Waals surface area contributed by atoms with Gasteiger partial charge in [-0.25, -0.2) is 8.78 Å². The molecule has 1 aromatic carbocycles. The summed E-state index contributed by atoms with van der Waals surface area (Å²) in [6.07, 6.45) is 0.629. The molecule has 1 unspecified atom stereocenters. The molecule has 1 aliphatic heterocycles. The van der Waals surface area contributed by atoms with Crippen LogP contribution in [0.4, 0.5) is 14.5 Å². The maximum absolute atomic E-state index is 13.1. The molecule has 1 amide bonds. The molecule has 4 nitrogen and oxygen atoms in total. The van der Waals surface area contributed by atoms with Gasteiger partial charge in [0, 0.05) is 25.4 Å². The highest BCUT2D eigenvalue weighted by Crippen LogP contribution is 2.28. The fraction of sp³-hybridized carbons (Fsp3) is 0.462. The minimum atomic E-state index is -0.722. The summed E-state index contributed by atoms with van der Waals surface area (Å²) in [7, 11) is 1.52. The Labute approximate surface area is 110 Å². The number of nitrogens with one attached hydrogen (secondary N) is 2. The lowest BCUT2D eigenvalue weighted by atomic mass is 9.87. The monoisotopic (exact) mass is 270 g/mol. The predicted octanol–water partition coefficient (Wildman–Crippen LogP) is 1.53. The average molecular weight is 270 g/mol. The number of hydrogen-bond donors (Lipinski definition) is 2. The van der Waals surface area contributed by atoms with Crippen molar-refractivity contribution in [2.75, 3.05) is 32.1 Å². The minimum absolute atomic E-state index is 0.116. The van der Waals surface area contributed by atoms with Crippen LogP contribution in [0.2, 0.25) is 0 Å². The lowest BCUT2D eigenvalue weighted by Gasteiger charge is -2.25. The van der Waals surface area contributed by atoms with E-state index < -0.39 is 17.0 Å². The maximum Gasteiger partial charge on any atom is 0.234 e. The molecule has 0 aliphatic carbocycles. The zero-order valence-electron chi connectivity index (χ0n) is 10.6. The first-order valence-corrected chi connectivity index (χ1v) is 6.03. The van der Waals surface area contributed by atoms with E-state index in [-0.39, 0.29) is 18.2 Å². The van der Waals surface area contributed by atoms with Crippen LogP contribution in [-0.2, 0) is 9.53 Å². The summed E-state index contributed by atoms with van der Waals surface area (Å²) in [4.78, 5) is 12.3. The second-order valence-electron chi connectivity index (χ2n) is 4.75. The number of halogens is 2. The molecule has 19 heavy (non-hydrogen) atoms. The van der Waals surface area contributed by atoms with Crippen LogP contribution >= 0.6 is 0 Å². The molecule has 1 fully saturated rings. The Balaban J connectivity index is 2.14. The van der Waals surface area contributed by atoms with Crippen LogP contribution in [0.3, 0.4) is 0 Å². The standard InChI is InChI=1S/C13H16F2N2O2/c1-19-8-13(2-3-16-7-13)12(18)17-11-5-9(14)4-10(15)6-11/h4-6,16H,2-3,7-8H2,1H3,(H,17,18). The van der Waals surface area contributed by atoms with Gasteiger partial charge in [0.2, 0.25) is 5.91 Å². The van der Waals surface area contributed by atoms with Crippen molar-refractivity contribution in [3.05, 3.63) is 29.8 Å². The van der Waals surface area contributed by atoms with Gasteiger partial charge in [-0.15, -0.1) is 0 Å². The van der Waals surface area contributed by atoms with Crippen LogP contribution in [0.15, 0.2) is 18.2 Å². The number of anilines is 1. The number of benzene rings is 1. The molecule has 1 aromatic rings. The van der Waals surface area contributed by atoms with Gasteiger partial charge in [-0.1, -0.05) is 0 Å². The predicted molar refractivity (Wildman–Crippen MR) is 66.8 cm³/mol. The van der Waals surface area contributed by atoms with Gasteiger partial charge in [0.15, 0.2) is 0 Å². The first-order valence-electron chi connectivity index (χ1n) is 6.03. The van der Waals surface area contributed by atoms with E-state index in [0.717, 1.165) is 18.2 Å². The van der Waals surface area contributed by atoms with Crippen molar-refractivity contribution in [1.29, 1.82) is 0 Å². The van der Waals surface area contributed by atoms with E-state index >= 15 is 0 Å². The van der Waals surface area contributed by atoms with Crippen molar-refractivity contribution in [3.8, 4) is 0 Å². The lowest BCUT2D eigenvalue weighted by Crippen LogP contribution is -2.41. The molecular weight excluding hydrogens is 254 g/mol. The molecule has 0 bridgehead atoms. The smallest absolute Gasteiger partial charge is 0.234 e. The van der Waals surface area contributed by atoms with Gasteiger partial charge in [-0.3, -0.25) is 4.79 Å².